The summed E-state index contributed by atoms with van der Waals surface area (Å²) in [5.74, 6) is 0.353. The molecular weight excluding hydrogens is 288 g/mol. The molecule has 0 heterocycles. The summed E-state index contributed by atoms with van der Waals surface area (Å²) in [5, 5.41) is 9.87. The molecule has 0 atom stereocenters. The first kappa shape index (κ1) is 15.0. The van der Waals surface area contributed by atoms with Gasteiger partial charge in [0.2, 0.25) is 0 Å². The van der Waals surface area contributed by atoms with Gasteiger partial charge in [0, 0.05) is 0 Å². The van der Waals surface area contributed by atoms with Crippen LogP contribution in [-0.2, 0) is 6.42 Å². The maximum Gasteiger partial charge on any atom is 0.133 e. The molecule has 1 N–H and O–H groups in total. The predicted molar refractivity (Wildman–Crippen MR) is 81.9 cm³/mol. The number of hydrogen-bond acceptors (Lipinski definition) is 1. The van der Waals surface area contributed by atoms with Crippen LogP contribution in [0, 0.1) is 0 Å². The molecule has 0 bridgehead atoms. The molecule has 0 aliphatic rings. The standard InChI is InChI=1S/C16H21BrO/c1-12(2)6-4-7-13(3)10-11-14-8-5-9-15(17)16(14)18/h5-6,8-10,18H,4,7,11H2,1-3H3. The van der Waals surface area contributed by atoms with Crippen molar-refractivity contribution in [2.75, 3.05) is 0 Å². The van der Waals surface area contributed by atoms with E-state index in [2.05, 4.69) is 48.9 Å². The van der Waals surface area contributed by atoms with Crippen molar-refractivity contribution in [2.24, 2.45) is 0 Å². The van der Waals surface area contributed by atoms with E-state index in [-0.39, 0.29) is 0 Å². The van der Waals surface area contributed by atoms with E-state index in [4.69, 9.17) is 0 Å². The number of phenolic OH excluding ortho intramolecular Hbond substituents is 1. The van der Waals surface area contributed by atoms with E-state index in [9.17, 15) is 5.11 Å². The van der Waals surface area contributed by atoms with E-state index in [1.54, 1.807) is 0 Å². The van der Waals surface area contributed by atoms with Gasteiger partial charge in [-0.3, -0.25) is 0 Å². The van der Waals surface area contributed by atoms with Gasteiger partial charge in [0.1, 0.15) is 5.75 Å². The molecule has 0 unspecified atom stereocenters. The zero-order chi connectivity index (χ0) is 13.5. The number of aromatic hydroxyl groups is 1. The minimum Gasteiger partial charge on any atom is -0.506 e. The van der Waals surface area contributed by atoms with Crippen LogP contribution in [0.3, 0.4) is 0 Å². The Hall–Kier alpha value is -1.02. The highest BCUT2D eigenvalue weighted by Gasteiger charge is 2.02. The summed E-state index contributed by atoms with van der Waals surface area (Å²) in [7, 11) is 0. The van der Waals surface area contributed by atoms with Crippen LogP contribution < -0.4 is 0 Å². The number of hydrogen-bond donors (Lipinski definition) is 1. The average molecular weight is 309 g/mol. The van der Waals surface area contributed by atoms with Crippen molar-refractivity contribution in [3.8, 4) is 5.75 Å². The Morgan fingerprint density at radius 1 is 1.22 bits per heavy atom. The number of phenols is 1. The van der Waals surface area contributed by atoms with Crippen LogP contribution in [-0.4, -0.2) is 5.11 Å². The lowest BCUT2D eigenvalue weighted by atomic mass is 10.1. The SMILES string of the molecule is CC(C)=CCCC(C)=CCc1cccc(Br)c1O. The fourth-order valence-corrected chi connectivity index (χ4v) is 2.11. The van der Waals surface area contributed by atoms with Crippen molar-refractivity contribution in [1.29, 1.82) is 0 Å². The molecule has 0 aliphatic carbocycles. The fourth-order valence-electron chi connectivity index (χ4n) is 1.70. The zero-order valence-electron chi connectivity index (χ0n) is 11.3. The highest BCUT2D eigenvalue weighted by atomic mass is 79.9. The number of allylic oxidation sites excluding steroid dienone is 4. The summed E-state index contributed by atoms with van der Waals surface area (Å²) in [6, 6.07) is 5.76. The van der Waals surface area contributed by atoms with Crippen molar-refractivity contribution in [3.05, 3.63) is 51.5 Å². The van der Waals surface area contributed by atoms with E-state index in [1.807, 2.05) is 18.2 Å². The lowest BCUT2D eigenvalue weighted by Gasteiger charge is -2.04. The molecular formula is C16H21BrO. The molecule has 1 aromatic carbocycles. The van der Waals surface area contributed by atoms with Crippen molar-refractivity contribution >= 4 is 15.9 Å². The van der Waals surface area contributed by atoms with Crippen molar-refractivity contribution in [3.63, 3.8) is 0 Å². The van der Waals surface area contributed by atoms with E-state index >= 15 is 0 Å². The van der Waals surface area contributed by atoms with Gasteiger partial charge in [-0.25, -0.2) is 0 Å². The molecule has 0 saturated carbocycles. The van der Waals surface area contributed by atoms with Crippen LogP contribution in [0.25, 0.3) is 0 Å². The second-order valence-electron chi connectivity index (χ2n) is 4.82. The summed E-state index contributed by atoms with van der Waals surface area (Å²) in [5.41, 5.74) is 3.70. The van der Waals surface area contributed by atoms with Gasteiger partial charge in [-0.15, -0.1) is 0 Å². The summed E-state index contributed by atoms with van der Waals surface area (Å²) in [6.45, 7) is 6.39. The van der Waals surface area contributed by atoms with Gasteiger partial charge in [-0.2, -0.15) is 0 Å². The zero-order valence-corrected chi connectivity index (χ0v) is 12.9. The maximum absolute atomic E-state index is 9.87. The summed E-state index contributed by atoms with van der Waals surface area (Å²) < 4.78 is 0.760. The number of halogens is 1. The van der Waals surface area contributed by atoms with Crippen LogP contribution >= 0.6 is 15.9 Å². The van der Waals surface area contributed by atoms with Crippen LogP contribution in [0.15, 0.2) is 46.0 Å². The molecule has 98 valence electrons. The molecule has 0 spiro atoms. The summed E-state index contributed by atoms with van der Waals surface area (Å²) in [4.78, 5) is 0. The highest BCUT2D eigenvalue weighted by Crippen LogP contribution is 2.28. The Balaban J connectivity index is 2.57. The normalized spacial score (nSPS) is 11.4. The van der Waals surface area contributed by atoms with E-state index in [1.165, 1.54) is 11.1 Å². The first-order valence-corrected chi connectivity index (χ1v) is 7.05. The van der Waals surface area contributed by atoms with Crippen LogP contribution in [0.1, 0.15) is 39.2 Å². The third-order valence-corrected chi connectivity index (χ3v) is 3.47. The number of benzene rings is 1. The van der Waals surface area contributed by atoms with Gasteiger partial charge in [-0.05, 0) is 67.6 Å². The van der Waals surface area contributed by atoms with Crippen LogP contribution in [0.2, 0.25) is 0 Å². The smallest absolute Gasteiger partial charge is 0.133 e. The summed E-state index contributed by atoms with van der Waals surface area (Å²) >= 11 is 3.33. The van der Waals surface area contributed by atoms with Gasteiger partial charge < -0.3 is 5.11 Å². The minimum atomic E-state index is 0.353. The minimum absolute atomic E-state index is 0.353. The van der Waals surface area contributed by atoms with Crippen molar-refractivity contribution in [2.45, 2.75) is 40.0 Å². The largest absolute Gasteiger partial charge is 0.506 e. The Morgan fingerprint density at radius 3 is 2.61 bits per heavy atom. The first-order chi connectivity index (χ1) is 8.50. The first-order valence-electron chi connectivity index (χ1n) is 6.26. The Labute approximate surface area is 118 Å². The molecule has 0 fully saturated rings. The molecule has 0 amide bonds. The highest BCUT2D eigenvalue weighted by molar-refractivity contribution is 9.10. The molecule has 0 saturated heterocycles. The second kappa shape index (κ2) is 7.42. The van der Waals surface area contributed by atoms with E-state index < -0.39 is 0 Å². The maximum atomic E-state index is 9.87. The Bertz CT molecular complexity index is 454. The second-order valence-corrected chi connectivity index (χ2v) is 5.68. The number of rotatable bonds is 5. The lowest BCUT2D eigenvalue weighted by molar-refractivity contribution is 0.466. The molecule has 0 radical (unpaired) electrons. The van der Waals surface area contributed by atoms with Crippen LogP contribution in [0.5, 0.6) is 5.75 Å². The monoisotopic (exact) mass is 308 g/mol. The van der Waals surface area contributed by atoms with Crippen molar-refractivity contribution < 1.29 is 5.11 Å². The predicted octanol–water partition coefficient (Wildman–Crippen LogP) is 5.39. The van der Waals surface area contributed by atoms with Gasteiger partial charge >= 0.3 is 0 Å². The average Bonchev–Trinajstić information content (AvgIpc) is 2.30. The molecule has 0 aliphatic heterocycles. The third-order valence-electron chi connectivity index (χ3n) is 2.83. The van der Waals surface area contributed by atoms with Gasteiger partial charge in [0.25, 0.3) is 0 Å². The molecule has 18 heavy (non-hydrogen) atoms. The van der Waals surface area contributed by atoms with Gasteiger partial charge in [0.15, 0.2) is 0 Å². The lowest BCUT2D eigenvalue weighted by Crippen LogP contribution is -1.85. The quantitative estimate of drug-likeness (QED) is 0.723. The Morgan fingerprint density at radius 2 is 1.94 bits per heavy atom. The molecule has 2 heteroatoms. The van der Waals surface area contributed by atoms with E-state index in [0.29, 0.717) is 5.75 Å². The molecule has 0 aromatic heterocycles. The third kappa shape index (κ3) is 5.09. The fraction of sp³-hybridized carbons (Fsp3) is 0.375. The number of para-hydroxylation sites is 1. The van der Waals surface area contributed by atoms with Crippen molar-refractivity contribution in [1.82, 2.24) is 0 Å². The van der Waals surface area contributed by atoms with E-state index in [0.717, 1.165) is 29.3 Å². The Kier molecular flexibility index (Phi) is 6.20. The van der Waals surface area contributed by atoms with Gasteiger partial charge in [0.05, 0.1) is 4.47 Å². The van der Waals surface area contributed by atoms with Crippen LogP contribution in [0.4, 0.5) is 0 Å². The molecule has 1 aromatic rings. The molecule has 1 nitrogen and oxygen atoms in total. The van der Waals surface area contributed by atoms with Gasteiger partial charge in [-0.1, -0.05) is 35.4 Å². The topological polar surface area (TPSA) is 20.2 Å². The summed E-state index contributed by atoms with van der Waals surface area (Å²) in [6.07, 6.45) is 7.41. The molecule has 1 rings (SSSR count).